The number of carbonyl (C=O) groups is 1. The number of halogens is 2. The summed E-state index contributed by atoms with van der Waals surface area (Å²) in [6, 6.07) is 4.67. The molecule has 0 fully saturated rings. The maximum atomic E-state index is 13.5. The molecule has 0 amide bonds. The van der Waals surface area contributed by atoms with Gasteiger partial charge in [0.1, 0.15) is 11.5 Å². The van der Waals surface area contributed by atoms with E-state index in [0.29, 0.717) is 16.8 Å². The summed E-state index contributed by atoms with van der Waals surface area (Å²) >= 11 is 5.67. The zero-order valence-electron chi connectivity index (χ0n) is 11.4. The fourth-order valence-electron chi connectivity index (χ4n) is 2.21. The molecule has 3 nitrogen and oxygen atoms in total. The van der Waals surface area contributed by atoms with Crippen LogP contribution >= 0.6 is 11.6 Å². The standard InChI is InChI=1S/C15H16ClFN2O/c1-3-12(4-2)19-8-11(9-20)15(18-19)10-5-6-13(16)14(17)7-10/h5-9,12H,3-4H2,1-2H3. The van der Waals surface area contributed by atoms with Gasteiger partial charge < -0.3 is 0 Å². The van der Waals surface area contributed by atoms with Crippen molar-refractivity contribution in [2.24, 2.45) is 0 Å². The molecule has 20 heavy (non-hydrogen) atoms. The lowest BCUT2D eigenvalue weighted by Crippen LogP contribution is -2.07. The molecule has 0 bridgehead atoms. The SMILES string of the molecule is CCC(CC)n1cc(C=O)c(-c2ccc(Cl)c(F)c2)n1. The topological polar surface area (TPSA) is 34.9 Å². The Balaban J connectivity index is 2.49. The Labute approximate surface area is 122 Å². The Bertz CT molecular complexity index is 620. The van der Waals surface area contributed by atoms with Gasteiger partial charge in [0.15, 0.2) is 6.29 Å². The van der Waals surface area contributed by atoms with Gasteiger partial charge >= 0.3 is 0 Å². The normalized spacial score (nSPS) is 11.1. The van der Waals surface area contributed by atoms with Crippen LogP contribution < -0.4 is 0 Å². The highest BCUT2D eigenvalue weighted by Crippen LogP contribution is 2.27. The molecule has 2 rings (SSSR count). The van der Waals surface area contributed by atoms with Gasteiger partial charge in [-0.25, -0.2) is 4.39 Å². The van der Waals surface area contributed by atoms with Crippen LogP contribution in [0.4, 0.5) is 4.39 Å². The van der Waals surface area contributed by atoms with Crippen LogP contribution in [0, 0.1) is 5.82 Å². The summed E-state index contributed by atoms with van der Waals surface area (Å²) in [6.45, 7) is 4.14. The molecule has 0 aliphatic carbocycles. The minimum atomic E-state index is -0.516. The summed E-state index contributed by atoms with van der Waals surface area (Å²) in [5.74, 6) is -0.516. The summed E-state index contributed by atoms with van der Waals surface area (Å²) in [4.78, 5) is 11.2. The van der Waals surface area contributed by atoms with Gasteiger partial charge in [0.25, 0.3) is 0 Å². The average Bonchev–Trinajstić information content (AvgIpc) is 2.87. The number of rotatable bonds is 5. The van der Waals surface area contributed by atoms with E-state index in [1.807, 2.05) is 0 Å². The van der Waals surface area contributed by atoms with Crippen LogP contribution in [0.25, 0.3) is 11.3 Å². The minimum absolute atomic E-state index is 0.0563. The lowest BCUT2D eigenvalue weighted by atomic mass is 10.1. The highest BCUT2D eigenvalue weighted by molar-refractivity contribution is 6.30. The van der Waals surface area contributed by atoms with Crippen LogP contribution in [0.2, 0.25) is 5.02 Å². The number of hydrogen-bond acceptors (Lipinski definition) is 2. The number of nitrogens with zero attached hydrogens (tertiary/aromatic N) is 2. The lowest BCUT2D eigenvalue weighted by molar-refractivity contribution is 0.112. The van der Waals surface area contributed by atoms with Crippen LogP contribution in [0.3, 0.4) is 0 Å². The predicted octanol–water partition coefficient (Wildman–Crippen LogP) is 4.52. The predicted molar refractivity (Wildman–Crippen MR) is 77.6 cm³/mol. The number of benzene rings is 1. The number of aromatic nitrogens is 2. The van der Waals surface area contributed by atoms with Gasteiger partial charge in [0.2, 0.25) is 0 Å². The minimum Gasteiger partial charge on any atom is -0.298 e. The van der Waals surface area contributed by atoms with Gasteiger partial charge in [0.05, 0.1) is 16.6 Å². The monoisotopic (exact) mass is 294 g/mol. The smallest absolute Gasteiger partial charge is 0.153 e. The molecular weight excluding hydrogens is 279 g/mol. The Morgan fingerprint density at radius 1 is 1.40 bits per heavy atom. The van der Waals surface area contributed by atoms with Gasteiger partial charge in [-0.1, -0.05) is 31.5 Å². The summed E-state index contributed by atoms with van der Waals surface area (Å²) in [5, 5.41) is 4.50. The fraction of sp³-hybridized carbons (Fsp3) is 0.333. The molecule has 2 aromatic rings. The third-order valence-electron chi connectivity index (χ3n) is 3.40. The van der Waals surface area contributed by atoms with Crippen molar-refractivity contribution in [1.82, 2.24) is 9.78 Å². The number of aldehydes is 1. The first kappa shape index (κ1) is 14.7. The summed E-state index contributed by atoms with van der Waals surface area (Å²) in [7, 11) is 0. The summed E-state index contributed by atoms with van der Waals surface area (Å²) in [5.41, 5.74) is 1.50. The maximum Gasteiger partial charge on any atom is 0.153 e. The van der Waals surface area contributed by atoms with E-state index in [-0.39, 0.29) is 11.1 Å². The Morgan fingerprint density at radius 2 is 2.10 bits per heavy atom. The van der Waals surface area contributed by atoms with Crippen molar-refractivity contribution in [3.8, 4) is 11.3 Å². The van der Waals surface area contributed by atoms with Gasteiger partial charge in [-0.3, -0.25) is 9.48 Å². The molecule has 0 unspecified atom stereocenters. The van der Waals surface area contributed by atoms with Gasteiger partial charge in [-0.05, 0) is 25.0 Å². The van der Waals surface area contributed by atoms with Crippen molar-refractivity contribution in [2.45, 2.75) is 32.7 Å². The zero-order valence-corrected chi connectivity index (χ0v) is 12.2. The average molecular weight is 295 g/mol. The van der Waals surface area contributed by atoms with Crippen LogP contribution in [0.5, 0.6) is 0 Å². The number of carbonyl (C=O) groups excluding carboxylic acids is 1. The first-order chi connectivity index (χ1) is 9.60. The second-order valence-electron chi connectivity index (χ2n) is 4.63. The van der Waals surface area contributed by atoms with Crippen molar-refractivity contribution in [1.29, 1.82) is 0 Å². The number of hydrogen-bond donors (Lipinski definition) is 0. The largest absolute Gasteiger partial charge is 0.298 e. The van der Waals surface area contributed by atoms with Crippen LogP contribution in [-0.4, -0.2) is 16.1 Å². The van der Waals surface area contributed by atoms with E-state index in [2.05, 4.69) is 18.9 Å². The molecule has 0 spiro atoms. The molecule has 0 radical (unpaired) electrons. The fourth-order valence-corrected chi connectivity index (χ4v) is 2.33. The van der Waals surface area contributed by atoms with Crippen molar-refractivity contribution < 1.29 is 9.18 Å². The third kappa shape index (κ3) is 2.75. The summed E-state index contributed by atoms with van der Waals surface area (Å²) < 4.78 is 15.3. The molecular formula is C15H16ClFN2O. The van der Waals surface area contributed by atoms with Crippen LogP contribution in [0.15, 0.2) is 24.4 Å². The second-order valence-corrected chi connectivity index (χ2v) is 5.04. The molecule has 0 saturated carbocycles. The maximum absolute atomic E-state index is 13.5. The van der Waals surface area contributed by atoms with E-state index in [4.69, 9.17) is 11.6 Å². The molecule has 5 heteroatoms. The second kappa shape index (κ2) is 6.18. The van der Waals surface area contributed by atoms with E-state index >= 15 is 0 Å². The highest BCUT2D eigenvalue weighted by atomic mass is 35.5. The molecule has 0 aliphatic rings. The van der Waals surface area contributed by atoms with Crippen LogP contribution in [-0.2, 0) is 0 Å². The molecule has 0 aliphatic heterocycles. The molecule has 0 N–H and O–H groups in total. The Hall–Kier alpha value is -1.68. The lowest BCUT2D eigenvalue weighted by Gasteiger charge is -2.12. The first-order valence-electron chi connectivity index (χ1n) is 6.60. The quantitative estimate of drug-likeness (QED) is 0.760. The summed E-state index contributed by atoms with van der Waals surface area (Å²) in [6.07, 6.45) is 4.30. The van der Waals surface area contributed by atoms with E-state index in [1.54, 1.807) is 16.9 Å². The third-order valence-corrected chi connectivity index (χ3v) is 3.70. The molecule has 1 aromatic carbocycles. The van der Waals surface area contributed by atoms with E-state index in [1.165, 1.54) is 12.1 Å². The first-order valence-corrected chi connectivity index (χ1v) is 6.98. The molecule has 0 saturated heterocycles. The highest BCUT2D eigenvalue weighted by Gasteiger charge is 2.15. The van der Waals surface area contributed by atoms with E-state index in [0.717, 1.165) is 19.1 Å². The zero-order chi connectivity index (χ0) is 14.7. The Morgan fingerprint density at radius 3 is 2.65 bits per heavy atom. The van der Waals surface area contributed by atoms with Gasteiger partial charge in [0, 0.05) is 11.8 Å². The van der Waals surface area contributed by atoms with Crippen molar-refractivity contribution in [2.75, 3.05) is 0 Å². The molecule has 1 heterocycles. The van der Waals surface area contributed by atoms with Crippen molar-refractivity contribution >= 4 is 17.9 Å². The van der Waals surface area contributed by atoms with Crippen molar-refractivity contribution in [3.63, 3.8) is 0 Å². The Kier molecular flexibility index (Phi) is 4.55. The van der Waals surface area contributed by atoms with E-state index in [9.17, 15) is 9.18 Å². The van der Waals surface area contributed by atoms with E-state index < -0.39 is 5.82 Å². The van der Waals surface area contributed by atoms with Gasteiger partial charge in [-0.15, -0.1) is 0 Å². The molecule has 106 valence electrons. The van der Waals surface area contributed by atoms with Crippen molar-refractivity contribution in [3.05, 3.63) is 40.8 Å². The van der Waals surface area contributed by atoms with Gasteiger partial charge in [-0.2, -0.15) is 5.10 Å². The molecule has 0 atom stereocenters. The van der Waals surface area contributed by atoms with Crippen LogP contribution in [0.1, 0.15) is 43.1 Å². The molecule has 1 aromatic heterocycles.